The van der Waals surface area contributed by atoms with Crippen molar-refractivity contribution >= 4 is 11.4 Å². The number of hydrogen-bond donors (Lipinski definition) is 0. The van der Waals surface area contributed by atoms with Crippen LogP contribution in [-0.2, 0) is 12.0 Å². The molecule has 0 aliphatic heterocycles. The molecule has 2 aliphatic carbocycles. The van der Waals surface area contributed by atoms with Gasteiger partial charge in [-0.15, -0.1) is 0 Å². The first-order valence-electron chi connectivity index (χ1n) is 13.0. The predicted octanol–water partition coefficient (Wildman–Crippen LogP) is 7.73. The molecule has 0 saturated heterocycles. The minimum Gasteiger partial charge on any atom is -0.378 e. The molecular formula is C35H30N2. The molecule has 0 fully saturated rings. The van der Waals surface area contributed by atoms with E-state index in [1.54, 1.807) is 0 Å². The molecular weight excluding hydrogens is 448 g/mol. The van der Waals surface area contributed by atoms with E-state index in [1.165, 1.54) is 61.4 Å². The lowest BCUT2D eigenvalue weighted by Gasteiger charge is -2.30. The summed E-state index contributed by atoms with van der Waals surface area (Å²) in [6.45, 7) is 0.841. The standard InChI is InChI=1S/C35H30N2/c1-36(2)25-13-11-14-26(22-25)37(3)23-24-12-10-21-33-34(24)29-17-6-9-20-32(29)35(33)30-18-7-4-15-27(30)28-16-5-8-19-31(28)35/h4-22H,23H2,1-3H3. The summed E-state index contributed by atoms with van der Waals surface area (Å²) in [5.41, 5.74) is 14.6. The second-order valence-corrected chi connectivity index (χ2v) is 10.5. The van der Waals surface area contributed by atoms with Crippen LogP contribution in [0.15, 0.2) is 115 Å². The van der Waals surface area contributed by atoms with Crippen molar-refractivity contribution in [3.05, 3.63) is 143 Å². The molecule has 0 unspecified atom stereocenters. The molecule has 0 heterocycles. The quantitative estimate of drug-likeness (QED) is 0.255. The highest BCUT2D eigenvalue weighted by atomic mass is 15.1. The Hall–Kier alpha value is -4.30. The monoisotopic (exact) mass is 478 g/mol. The summed E-state index contributed by atoms with van der Waals surface area (Å²) in [5.74, 6) is 0. The lowest BCUT2D eigenvalue weighted by molar-refractivity contribution is 0.792. The van der Waals surface area contributed by atoms with Crippen molar-refractivity contribution in [2.45, 2.75) is 12.0 Å². The second kappa shape index (κ2) is 8.11. The summed E-state index contributed by atoms with van der Waals surface area (Å²) < 4.78 is 0. The first kappa shape index (κ1) is 21.9. The zero-order valence-electron chi connectivity index (χ0n) is 21.6. The van der Waals surface area contributed by atoms with Gasteiger partial charge in [0, 0.05) is 39.1 Å². The Morgan fingerprint density at radius 1 is 0.514 bits per heavy atom. The molecule has 5 aromatic rings. The average molecular weight is 479 g/mol. The van der Waals surface area contributed by atoms with Gasteiger partial charge in [-0.3, -0.25) is 0 Å². The maximum atomic E-state index is 2.37. The Bertz CT molecular complexity index is 1620. The molecule has 2 heteroatoms. The fraction of sp³-hybridized carbons (Fsp3) is 0.143. The van der Waals surface area contributed by atoms with Gasteiger partial charge >= 0.3 is 0 Å². The van der Waals surface area contributed by atoms with Crippen molar-refractivity contribution in [2.24, 2.45) is 0 Å². The number of anilines is 2. The first-order valence-corrected chi connectivity index (χ1v) is 13.0. The molecule has 0 N–H and O–H groups in total. The summed E-state index contributed by atoms with van der Waals surface area (Å²) in [4.78, 5) is 4.53. The van der Waals surface area contributed by atoms with Crippen LogP contribution in [0, 0.1) is 0 Å². The Morgan fingerprint density at radius 2 is 1.03 bits per heavy atom. The fourth-order valence-corrected chi connectivity index (χ4v) is 6.71. The van der Waals surface area contributed by atoms with Crippen LogP contribution in [0.3, 0.4) is 0 Å². The van der Waals surface area contributed by atoms with Crippen molar-refractivity contribution in [1.82, 2.24) is 0 Å². The number of rotatable bonds is 4. The van der Waals surface area contributed by atoms with Gasteiger partial charge < -0.3 is 9.80 Å². The molecule has 5 aromatic carbocycles. The SMILES string of the molecule is CN(C)c1cccc(N(C)Cc2cccc3c2-c2ccccc2C32c3ccccc3-c3ccccc32)c1. The van der Waals surface area contributed by atoms with E-state index in [4.69, 9.17) is 0 Å². The molecule has 0 amide bonds. The zero-order valence-corrected chi connectivity index (χ0v) is 21.6. The molecule has 2 aliphatic rings. The maximum Gasteiger partial charge on any atom is 0.0725 e. The number of fused-ring (bicyclic) bond motifs is 10. The number of hydrogen-bond acceptors (Lipinski definition) is 2. The van der Waals surface area contributed by atoms with E-state index < -0.39 is 0 Å². The summed E-state index contributed by atoms with van der Waals surface area (Å²) in [7, 11) is 6.39. The summed E-state index contributed by atoms with van der Waals surface area (Å²) in [5, 5.41) is 0. The molecule has 0 aromatic heterocycles. The topological polar surface area (TPSA) is 6.48 Å². The van der Waals surface area contributed by atoms with Gasteiger partial charge in [0.25, 0.3) is 0 Å². The molecule has 1 spiro atoms. The Labute approximate surface area is 219 Å². The lowest BCUT2D eigenvalue weighted by atomic mass is 9.70. The Morgan fingerprint density at radius 3 is 1.68 bits per heavy atom. The van der Waals surface area contributed by atoms with E-state index in [9.17, 15) is 0 Å². The average Bonchev–Trinajstić information content (AvgIpc) is 3.41. The van der Waals surface area contributed by atoms with E-state index in [1.807, 2.05) is 0 Å². The molecule has 0 atom stereocenters. The summed E-state index contributed by atoms with van der Waals surface area (Å²) in [6, 6.07) is 42.8. The van der Waals surface area contributed by atoms with Crippen LogP contribution >= 0.6 is 0 Å². The van der Waals surface area contributed by atoms with Gasteiger partial charge in [0.2, 0.25) is 0 Å². The van der Waals surface area contributed by atoms with E-state index in [0.29, 0.717) is 0 Å². The first-order chi connectivity index (χ1) is 18.1. The van der Waals surface area contributed by atoms with Crippen molar-refractivity contribution in [3.8, 4) is 22.3 Å². The number of benzene rings is 5. The predicted molar refractivity (Wildman–Crippen MR) is 156 cm³/mol. The summed E-state index contributed by atoms with van der Waals surface area (Å²) in [6.07, 6.45) is 0. The lowest BCUT2D eigenvalue weighted by Crippen LogP contribution is -2.26. The van der Waals surface area contributed by atoms with Crippen molar-refractivity contribution < 1.29 is 0 Å². The largest absolute Gasteiger partial charge is 0.378 e. The normalized spacial score (nSPS) is 13.6. The van der Waals surface area contributed by atoms with Crippen LogP contribution < -0.4 is 9.80 Å². The van der Waals surface area contributed by atoms with Crippen LogP contribution in [-0.4, -0.2) is 21.1 Å². The molecule has 2 nitrogen and oxygen atoms in total. The third-order valence-corrected chi connectivity index (χ3v) is 8.30. The Balaban J connectivity index is 1.45. The maximum absolute atomic E-state index is 2.37. The van der Waals surface area contributed by atoms with Crippen LogP contribution in [0.2, 0.25) is 0 Å². The van der Waals surface area contributed by atoms with E-state index in [-0.39, 0.29) is 5.41 Å². The van der Waals surface area contributed by atoms with E-state index in [2.05, 4.69) is 146 Å². The Kier molecular flexibility index (Phi) is 4.81. The van der Waals surface area contributed by atoms with Gasteiger partial charge in [-0.1, -0.05) is 97.1 Å². The third kappa shape index (κ3) is 2.99. The van der Waals surface area contributed by atoms with E-state index >= 15 is 0 Å². The van der Waals surface area contributed by atoms with Gasteiger partial charge in [0.15, 0.2) is 0 Å². The second-order valence-electron chi connectivity index (χ2n) is 10.5. The molecule has 0 saturated carbocycles. The smallest absolute Gasteiger partial charge is 0.0725 e. The molecule has 0 radical (unpaired) electrons. The highest BCUT2D eigenvalue weighted by Crippen LogP contribution is 2.63. The van der Waals surface area contributed by atoms with Crippen LogP contribution in [0.4, 0.5) is 11.4 Å². The van der Waals surface area contributed by atoms with Gasteiger partial charge in [0.1, 0.15) is 0 Å². The molecule has 37 heavy (non-hydrogen) atoms. The highest BCUT2D eigenvalue weighted by Gasteiger charge is 2.51. The van der Waals surface area contributed by atoms with Gasteiger partial charge in [-0.05, 0) is 68.3 Å². The van der Waals surface area contributed by atoms with Gasteiger partial charge in [-0.25, -0.2) is 0 Å². The van der Waals surface area contributed by atoms with Gasteiger partial charge in [0.05, 0.1) is 5.41 Å². The van der Waals surface area contributed by atoms with Crippen molar-refractivity contribution in [2.75, 3.05) is 30.9 Å². The highest BCUT2D eigenvalue weighted by molar-refractivity contribution is 5.95. The van der Waals surface area contributed by atoms with Crippen LogP contribution in [0.5, 0.6) is 0 Å². The molecule has 7 rings (SSSR count). The fourth-order valence-electron chi connectivity index (χ4n) is 6.71. The van der Waals surface area contributed by atoms with Gasteiger partial charge in [-0.2, -0.15) is 0 Å². The van der Waals surface area contributed by atoms with E-state index in [0.717, 1.165) is 6.54 Å². The molecule has 0 bridgehead atoms. The minimum absolute atomic E-state index is 0.279. The summed E-state index contributed by atoms with van der Waals surface area (Å²) >= 11 is 0. The van der Waals surface area contributed by atoms with Crippen LogP contribution in [0.25, 0.3) is 22.3 Å². The molecule has 180 valence electrons. The van der Waals surface area contributed by atoms with Crippen molar-refractivity contribution in [1.29, 1.82) is 0 Å². The van der Waals surface area contributed by atoms with Crippen LogP contribution in [0.1, 0.15) is 27.8 Å². The zero-order chi connectivity index (χ0) is 25.1. The third-order valence-electron chi connectivity index (χ3n) is 8.30. The minimum atomic E-state index is -0.279. The number of nitrogens with zero attached hydrogens (tertiary/aromatic N) is 2. The van der Waals surface area contributed by atoms with Crippen molar-refractivity contribution in [3.63, 3.8) is 0 Å².